The molecule has 2 nitrogen and oxygen atoms in total. The molecule has 0 unspecified atom stereocenters. The fraction of sp³-hybridized carbons (Fsp3) is 0.529. The molecule has 0 fully saturated rings. The van der Waals surface area contributed by atoms with Crippen molar-refractivity contribution in [2.24, 2.45) is 0 Å². The van der Waals surface area contributed by atoms with Gasteiger partial charge in [0.15, 0.2) is 0 Å². The molecule has 1 aliphatic rings. The van der Waals surface area contributed by atoms with Crippen molar-refractivity contribution in [3.05, 3.63) is 29.3 Å². The second kappa shape index (κ2) is 5.68. The molecule has 0 spiro atoms. The Morgan fingerprint density at radius 3 is 2.74 bits per heavy atom. The summed E-state index contributed by atoms with van der Waals surface area (Å²) in [4.78, 5) is 0. The van der Waals surface area contributed by atoms with Crippen molar-refractivity contribution in [1.29, 1.82) is 0 Å². The number of hydrogen-bond donors (Lipinski definition) is 0. The lowest BCUT2D eigenvalue weighted by molar-refractivity contribution is 0.158. The van der Waals surface area contributed by atoms with Crippen molar-refractivity contribution in [1.82, 2.24) is 0 Å². The third-order valence-corrected chi connectivity index (χ3v) is 3.36. The number of aryl methyl sites for hydroxylation is 1. The van der Waals surface area contributed by atoms with Gasteiger partial charge in [-0.05, 0) is 44.9 Å². The molecule has 1 heterocycles. The lowest BCUT2D eigenvalue weighted by atomic mass is 9.99. The Bertz CT molecular complexity index is 472. The van der Waals surface area contributed by atoms with Crippen molar-refractivity contribution < 1.29 is 9.47 Å². The van der Waals surface area contributed by atoms with Crippen molar-refractivity contribution in [2.75, 3.05) is 6.61 Å². The van der Waals surface area contributed by atoms with Gasteiger partial charge in [0.2, 0.25) is 0 Å². The first-order valence-corrected chi connectivity index (χ1v) is 7.17. The first-order chi connectivity index (χ1) is 9.02. The predicted molar refractivity (Wildman–Crippen MR) is 79.9 cm³/mol. The molecule has 19 heavy (non-hydrogen) atoms. The van der Waals surface area contributed by atoms with Crippen molar-refractivity contribution in [2.45, 2.75) is 52.6 Å². The summed E-state index contributed by atoms with van der Waals surface area (Å²) in [6, 6.07) is 4.11. The zero-order valence-electron chi connectivity index (χ0n) is 12.5. The smallest absolute Gasteiger partial charge is 0.131 e. The Kier molecular flexibility index (Phi) is 4.18. The van der Waals surface area contributed by atoms with Crippen molar-refractivity contribution in [3.8, 4) is 11.5 Å². The molecule has 2 heteroatoms. The van der Waals surface area contributed by atoms with Crippen LogP contribution in [-0.2, 0) is 0 Å². The van der Waals surface area contributed by atoms with Gasteiger partial charge < -0.3 is 9.47 Å². The Balaban J connectivity index is 2.12. The number of hydrogen-bond acceptors (Lipinski definition) is 2. The molecule has 0 saturated carbocycles. The van der Waals surface area contributed by atoms with Gasteiger partial charge in [-0.2, -0.15) is 0 Å². The maximum atomic E-state index is 6.00. The zero-order chi connectivity index (χ0) is 13.9. The van der Waals surface area contributed by atoms with Crippen LogP contribution in [0.2, 0.25) is 0 Å². The molecule has 0 saturated heterocycles. The van der Waals surface area contributed by atoms with Crippen LogP contribution < -0.4 is 9.47 Å². The molecule has 2 rings (SSSR count). The van der Waals surface area contributed by atoms with E-state index >= 15 is 0 Å². The van der Waals surface area contributed by atoms with Crippen LogP contribution in [0, 0.1) is 6.92 Å². The Hall–Kier alpha value is -1.44. The summed E-state index contributed by atoms with van der Waals surface area (Å²) in [6.45, 7) is 9.22. The highest BCUT2D eigenvalue weighted by molar-refractivity contribution is 5.65. The molecule has 0 N–H and O–H groups in total. The first-order valence-electron chi connectivity index (χ1n) is 7.17. The van der Waals surface area contributed by atoms with Crippen LogP contribution in [0.15, 0.2) is 18.2 Å². The highest BCUT2D eigenvalue weighted by atomic mass is 16.5. The topological polar surface area (TPSA) is 18.5 Å². The fourth-order valence-electron chi connectivity index (χ4n) is 2.26. The van der Waals surface area contributed by atoms with Crippen molar-refractivity contribution in [3.63, 3.8) is 0 Å². The van der Waals surface area contributed by atoms with Crippen LogP contribution >= 0.6 is 0 Å². The van der Waals surface area contributed by atoms with Gasteiger partial charge in [-0.1, -0.05) is 25.8 Å². The molecule has 0 aromatic heterocycles. The van der Waals surface area contributed by atoms with Gasteiger partial charge in [0.1, 0.15) is 17.1 Å². The minimum absolute atomic E-state index is 0.236. The lowest BCUT2D eigenvalue weighted by Crippen LogP contribution is -2.27. The lowest BCUT2D eigenvalue weighted by Gasteiger charge is -2.29. The van der Waals surface area contributed by atoms with Crippen LogP contribution in [0.1, 0.15) is 51.2 Å². The van der Waals surface area contributed by atoms with E-state index in [1.807, 2.05) is 6.07 Å². The van der Waals surface area contributed by atoms with Gasteiger partial charge in [-0.15, -0.1) is 0 Å². The van der Waals surface area contributed by atoms with Crippen LogP contribution in [0.5, 0.6) is 11.5 Å². The summed E-state index contributed by atoms with van der Waals surface area (Å²) in [5.41, 5.74) is 2.13. The standard InChI is InChI=1S/C17H24O2/c1-5-6-7-10-18-14-11-13(2)15-8-9-17(3,4)19-16(15)12-14/h8-9,11-12H,5-7,10H2,1-4H3. The highest BCUT2D eigenvalue weighted by Crippen LogP contribution is 2.36. The van der Waals surface area contributed by atoms with E-state index in [0.29, 0.717) is 0 Å². The molecule has 104 valence electrons. The maximum Gasteiger partial charge on any atom is 0.131 e. The second-order valence-corrected chi connectivity index (χ2v) is 5.75. The molecule has 0 amide bonds. The van der Waals surface area contributed by atoms with E-state index in [2.05, 4.69) is 45.9 Å². The quantitative estimate of drug-likeness (QED) is 0.711. The predicted octanol–water partition coefficient (Wildman–Crippen LogP) is 4.75. The van der Waals surface area contributed by atoms with Crippen LogP contribution in [0.3, 0.4) is 0 Å². The van der Waals surface area contributed by atoms with E-state index in [9.17, 15) is 0 Å². The first kappa shape index (κ1) is 14.0. The van der Waals surface area contributed by atoms with Gasteiger partial charge in [0, 0.05) is 11.6 Å². The molecule has 1 aromatic rings. The highest BCUT2D eigenvalue weighted by Gasteiger charge is 2.23. The summed E-state index contributed by atoms with van der Waals surface area (Å²) in [5, 5.41) is 0. The summed E-state index contributed by atoms with van der Waals surface area (Å²) in [5.74, 6) is 1.84. The minimum atomic E-state index is -0.236. The van der Waals surface area contributed by atoms with Gasteiger partial charge in [-0.25, -0.2) is 0 Å². The SMILES string of the molecule is CCCCCOc1cc(C)c2c(c1)OC(C)(C)C=C2. The Morgan fingerprint density at radius 1 is 1.21 bits per heavy atom. The third kappa shape index (κ3) is 3.52. The molecule has 0 aliphatic carbocycles. The van der Waals surface area contributed by atoms with E-state index in [4.69, 9.17) is 9.47 Å². The van der Waals surface area contributed by atoms with Crippen LogP contribution in [0.4, 0.5) is 0 Å². The van der Waals surface area contributed by atoms with E-state index in [0.717, 1.165) is 24.5 Å². The molecule has 1 aromatic carbocycles. The van der Waals surface area contributed by atoms with E-state index in [-0.39, 0.29) is 5.60 Å². The maximum absolute atomic E-state index is 6.00. The van der Waals surface area contributed by atoms with Gasteiger partial charge >= 0.3 is 0 Å². The Labute approximate surface area is 116 Å². The summed E-state index contributed by atoms with van der Waals surface area (Å²) >= 11 is 0. The van der Waals surface area contributed by atoms with Gasteiger partial charge in [0.05, 0.1) is 6.61 Å². The number of benzene rings is 1. The minimum Gasteiger partial charge on any atom is -0.493 e. The molecular weight excluding hydrogens is 236 g/mol. The fourth-order valence-corrected chi connectivity index (χ4v) is 2.26. The molecule has 0 bridgehead atoms. The molecule has 0 radical (unpaired) electrons. The molecule has 1 aliphatic heterocycles. The summed E-state index contributed by atoms with van der Waals surface area (Å²) in [7, 11) is 0. The number of unbranched alkanes of at least 4 members (excludes halogenated alkanes) is 2. The van der Waals surface area contributed by atoms with E-state index in [1.54, 1.807) is 0 Å². The molecular formula is C17H24O2. The second-order valence-electron chi connectivity index (χ2n) is 5.75. The van der Waals surface area contributed by atoms with E-state index < -0.39 is 0 Å². The van der Waals surface area contributed by atoms with Gasteiger partial charge in [-0.3, -0.25) is 0 Å². The normalized spacial score (nSPS) is 15.8. The van der Waals surface area contributed by atoms with Crippen LogP contribution in [0.25, 0.3) is 6.08 Å². The molecule has 0 atom stereocenters. The van der Waals surface area contributed by atoms with Gasteiger partial charge in [0.25, 0.3) is 0 Å². The van der Waals surface area contributed by atoms with E-state index in [1.165, 1.54) is 24.0 Å². The van der Waals surface area contributed by atoms with Crippen molar-refractivity contribution >= 4 is 6.08 Å². The average molecular weight is 260 g/mol. The largest absolute Gasteiger partial charge is 0.493 e. The number of fused-ring (bicyclic) bond motifs is 1. The zero-order valence-corrected chi connectivity index (χ0v) is 12.5. The Morgan fingerprint density at radius 2 is 2.00 bits per heavy atom. The summed E-state index contributed by atoms with van der Waals surface area (Å²) < 4.78 is 11.8. The monoisotopic (exact) mass is 260 g/mol. The van der Waals surface area contributed by atoms with Crippen LogP contribution in [-0.4, -0.2) is 12.2 Å². The third-order valence-electron chi connectivity index (χ3n) is 3.36. The average Bonchev–Trinajstić information content (AvgIpc) is 2.33. The number of ether oxygens (including phenoxy) is 2. The number of rotatable bonds is 5. The summed E-state index contributed by atoms with van der Waals surface area (Å²) in [6.07, 6.45) is 7.79.